The predicted octanol–water partition coefficient (Wildman–Crippen LogP) is 1.37. The molecule has 5 N–H and O–H groups in total. The van der Waals surface area contributed by atoms with Gasteiger partial charge in [-0.1, -0.05) is 13.8 Å². The summed E-state index contributed by atoms with van der Waals surface area (Å²) in [6.45, 7) is 6.03. The van der Waals surface area contributed by atoms with Gasteiger partial charge in [0.05, 0.1) is 5.56 Å². The minimum atomic E-state index is -0.472. The molecule has 0 heterocycles. The van der Waals surface area contributed by atoms with Crippen molar-refractivity contribution in [1.82, 2.24) is 4.90 Å². The molecule has 106 valence electrons. The average molecular weight is 264 g/mol. The van der Waals surface area contributed by atoms with Gasteiger partial charge in [0.1, 0.15) is 0 Å². The lowest BCUT2D eigenvalue weighted by Crippen LogP contribution is -2.34. The molecular weight excluding hydrogens is 240 g/mol. The van der Waals surface area contributed by atoms with Crippen molar-refractivity contribution in [2.24, 2.45) is 11.1 Å². The Bertz CT molecular complexity index is 455. The molecule has 0 unspecified atom stereocenters. The number of rotatable bonds is 6. The second-order valence-electron chi connectivity index (χ2n) is 5.92. The summed E-state index contributed by atoms with van der Waals surface area (Å²) in [5.41, 5.74) is 12.8. The van der Waals surface area contributed by atoms with Gasteiger partial charge in [0.25, 0.3) is 5.91 Å². The van der Waals surface area contributed by atoms with E-state index in [0.717, 1.165) is 18.8 Å². The number of carbonyl (C=O) groups excluding carboxylic acids is 1. The molecule has 1 rings (SSSR count). The number of anilines is 2. The van der Waals surface area contributed by atoms with Crippen LogP contribution in [0.3, 0.4) is 0 Å². The Hall–Kier alpha value is -1.75. The Kier molecular flexibility index (Phi) is 4.78. The maximum absolute atomic E-state index is 11.4. The number of nitrogen functional groups attached to an aromatic ring is 1. The van der Waals surface area contributed by atoms with Crippen LogP contribution in [0.5, 0.6) is 0 Å². The molecule has 19 heavy (non-hydrogen) atoms. The van der Waals surface area contributed by atoms with Gasteiger partial charge in [0.15, 0.2) is 0 Å². The number of nitrogens with two attached hydrogens (primary N) is 2. The normalized spacial score (nSPS) is 11.6. The van der Waals surface area contributed by atoms with E-state index in [-0.39, 0.29) is 5.41 Å². The molecule has 1 aromatic carbocycles. The van der Waals surface area contributed by atoms with E-state index in [2.05, 4.69) is 24.1 Å². The van der Waals surface area contributed by atoms with Crippen LogP contribution < -0.4 is 16.8 Å². The fourth-order valence-electron chi connectivity index (χ4n) is 2.17. The first kappa shape index (κ1) is 15.3. The summed E-state index contributed by atoms with van der Waals surface area (Å²) in [5.74, 6) is -0.472. The minimum absolute atomic E-state index is 0.0831. The number of amides is 1. The first-order valence-corrected chi connectivity index (χ1v) is 6.29. The molecule has 1 amide bonds. The van der Waals surface area contributed by atoms with Crippen LogP contribution in [0, 0.1) is 5.41 Å². The molecule has 0 aromatic heterocycles. The minimum Gasteiger partial charge on any atom is -0.399 e. The Balaban J connectivity index is 2.80. The van der Waals surface area contributed by atoms with Crippen LogP contribution in [-0.4, -0.2) is 38.0 Å². The summed E-state index contributed by atoms with van der Waals surface area (Å²) < 4.78 is 0. The lowest BCUT2D eigenvalue weighted by atomic mass is 9.92. The largest absolute Gasteiger partial charge is 0.399 e. The van der Waals surface area contributed by atoms with E-state index in [0.29, 0.717) is 11.3 Å². The number of benzene rings is 1. The smallest absolute Gasteiger partial charge is 0.250 e. The van der Waals surface area contributed by atoms with Crippen molar-refractivity contribution in [3.63, 3.8) is 0 Å². The van der Waals surface area contributed by atoms with Gasteiger partial charge in [-0.15, -0.1) is 0 Å². The van der Waals surface area contributed by atoms with Crippen molar-refractivity contribution < 1.29 is 4.79 Å². The van der Waals surface area contributed by atoms with E-state index in [1.807, 2.05) is 14.1 Å². The van der Waals surface area contributed by atoms with Crippen LogP contribution in [0.2, 0.25) is 0 Å². The molecule has 1 aromatic rings. The SMILES string of the molecule is CN(C)CC(C)(C)CNc1ccc(N)cc1C(N)=O. The fraction of sp³-hybridized carbons (Fsp3) is 0.500. The zero-order valence-electron chi connectivity index (χ0n) is 12.2. The summed E-state index contributed by atoms with van der Waals surface area (Å²) in [4.78, 5) is 13.5. The topological polar surface area (TPSA) is 84.4 Å². The highest BCUT2D eigenvalue weighted by molar-refractivity contribution is 5.99. The first-order chi connectivity index (χ1) is 8.71. The van der Waals surface area contributed by atoms with E-state index < -0.39 is 5.91 Å². The van der Waals surface area contributed by atoms with Crippen molar-refractivity contribution in [2.75, 3.05) is 38.2 Å². The number of nitrogens with zero attached hydrogens (tertiary/aromatic N) is 1. The van der Waals surface area contributed by atoms with Gasteiger partial charge in [-0.05, 0) is 37.7 Å². The van der Waals surface area contributed by atoms with Crippen molar-refractivity contribution in [3.05, 3.63) is 23.8 Å². The third-order valence-corrected chi connectivity index (χ3v) is 2.81. The van der Waals surface area contributed by atoms with Gasteiger partial charge in [-0.2, -0.15) is 0 Å². The van der Waals surface area contributed by atoms with Crippen LogP contribution in [0.25, 0.3) is 0 Å². The van der Waals surface area contributed by atoms with E-state index >= 15 is 0 Å². The summed E-state index contributed by atoms with van der Waals surface area (Å²) in [5, 5.41) is 3.28. The second kappa shape index (κ2) is 5.93. The molecule has 0 saturated heterocycles. The van der Waals surface area contributed by atoms with E-state index in [4.69, 9.17) is 11.5 Å². The Morgan fingerprint density at radius 1 is 1.37 bits per heavy atom. The number of carbonyl (C=O) groups is 1. The molecular formula is C14H24N4O. The van der Waals surface area contributed by atoms with E-state index in [9.17, 15) is 4.79 Å². The number of hydrogen-bond donors (Lipinski definition) is 3. The Labute approximate surface area is 115 Å². The van der Waals surface area contributed by atoms with Gasteiger partial charge in [-0.25, -0.2) is 0 Å². The molecule has 0 aliphatic heterocycles. The molecule has 0 radical (unpaired) electrons. The van der Waals surface area contributed by atoms with E-state index in [1.54, 1.807) is 18.2 Å². The van der Waals surface area contributed by atoms with Crippen LogP contribution in [0.4, 0.5) is 11.4 Å². The van der Waals surface area contributed by atoms with Crippen molar-refractivity contribution >= 4 is 17.3 Å². The third kappa shape index (κ3) is 4.79. The monoisotopic (exact) mass is 264 g/mol. The Morgan fingerprint density at radius 2 is 2.00 bits per heavy atom. The lowest BCUT2D eigenvalue weighted by Gasteiger charge is -2.29. The van der Waals surface area contributed by atoms with Gasteiger partial charge < -0.3 is 21.7 Å². The molecule has 0 fully saturated rings. The third-order valence-electron chi connectivity index (χ3n) is 2.81. The number of hydrogen-bond acceptors (Lipinski definition) is 4. The summed E-state index contributed by atoms with van der Waals surface area (Å²) in [6.07, 6.45) is 0. The second-order valence-corrected chi connectivity index (χ2v) is 5.92. The summed E-state index contributed by atoms with van der Waals surface area (Å²) in [6, 6.07) is 5.15. The first-order valence-electron chi connectivity index (χ1n) is 6.29. The molecule has 0 atom stereocenters. The number of nitrogens with one attached hydrogen (secondary N) is 1. The van der Waals surface area contributed by atoms with Crippen LogP contribution in [0.15, 0.2) is 18.2 Å². The summed E-state index contributed by atoms with van der Waals surface area (Å²) in [7, 11) is 4.08. The van der Waals surface area contributed by atoms with Crippen molar-refractivity contribution in [3.8, 4) is 0 Å². The molecule has 5 heteroatoms. The van der Waals surface area contributed by atoms with Crippen molar-refractivity contribution in [1.29, 1.82) is 0 Å². The predicted molar refractivity (Wildman–Crippen MR) is 80.2 cm³/mol. The van der Waals surface area contributed by atoms with Crippen LogP contribution in [-0.2, 0) is 0 Å². The highest BCUT2D eigenvalue weighted by Crippen LogP contribution is 2.22. The van der Waals surface area contributed by atoms with Gasteiger partial charge in [0, 0.05) is 24.5 Å². The molecule has 0 aliphatic rings. The van der Waals surface area contributed by atoms with Gasteiger partial charge >= 0.3 is 0 Å². The molecule has 5 nitrogen and oxygen atoms in total. The number of primary amides is 1. The molecule has 0 bridgehead atoms. The zero-order valence-corrected chi connectivity index (χ0v) is 12.2. The highest BCUT2D eigenvalue weighted by Gasteiger charge is 2.19. The average Bonchev–Trinajstić information content (AvgIpc) is 2.25. The lowest BCUT2D eigenvalue weighted by molar-refractivity contribution is 0.100. The van der Waals surface area contributed by atoms with Crippen LogP contribution >= 0.6 is 0 Å². The van der Waals surface area contributed by atoms with Crippen LogP contribution in [0.1, 0.15) is 24.2 Å². The standard InChI is InChI=1S/C14H24N4O/c1-14(2,9-18(3)4)8-17-12-6-5-10(15)7-11(12)13(16)19/h5-7,17H,8-9,15H2,1-4H3,(H2,16,19). The maximum Gasteiger partial charge on any atom is 0.250 e. The molecule has 0 aliphatic carbocycles. The van der Waals surface area contributed by atoms with Gasteiger partial charge in [0.2, 0.25) is 0 Å². The Morgan fingerprint density at radius 3 is 2.53 bits per heavy atom. The highest BCUT2D eigenvalue weighted by atomic mass is 16.1. The van der Waals surface area contributed by atoms with Crippen molar-refractivity contribution in [2.45, 2.75) is 13.8 Å². The maximum atomic E-state index is 11.4. The summed E-state index contributed by atoms with van der Waals surface area (Å²) >= 11 is 0. The van der Waals surface area contributed by atoms with Gasteiger partial charge in [-0.3, -0.25) is 4.79 Å². The quantitative estimate of drug-likeness (QED) is 0.677. The molecule has 0 spiro atoms. The zero-order chi connectivity index (χ0) is 14.6. The fourth-order valence-corrected chi connectivity index (χ4v) is 2.17. The molecule has 0 saturated carbocycles. The van der Waals surface area contributed by atoms with E-state index in [1.165, 1.54) is 0 Å².